The highest BCUT2D eigenvalue weighted by Gasteiger charge is 2.32. The van der Waals surface area contributed by atoms with Crippen LogP contribution in [0.4, 0.5) is 5.69 Å². The van der Waals surface area contributed by atoms with Gasteiger partial charge in [-0.15, -0.1) is 15.7 Å². The molecule has 2 aliphatic rings. The second-order valence-electron chi connectivity index (χ2n) is 10.5. The standard InChI is InChI=1S/C29H29Cl2N9O2/c1-18(2)28-35-34-26-16-37(10-11-38(26)28)29(42)24(12-19-6-4-3-5-7-19)39-17-32-22(14-27(39)41)21-13-20(30)8-9-23(21)40-15-25(31)33-36-40/h3-9,13-15,17-18,24,33,36H,10-12,16H2,1-2H3/t24-/m0/s1. The molecule has 2 N–H and O–H groups in total. The molecule has 0 spiro atoms. The fourth-order valence-corrected chi connectivity index (χ4v) is 5.60. The molecule has 0 unspecified atom stereocenters. The number of nitrogens with zero attached hydrogens (tertiary/aromatic N) is 7. The summed E-state index contributed by atoms with van der Waals surface area (Å²) in [6, 6.07) is 15.5. The van der Waals surface area contributed by atoms with E-state index < -0.39 is 6.04 Å². The molecule has 216 valence electrons. The van der Waals surface area contributed by atoms with Gasteiger partial charge >= 0.3 is 0 Å². The number of nitrogens with one attached hydrogen (secondary N) is 2. The highest BCUT2D eigenvalue weighted by molar-refractivity contribution is 6.31. The Hall–Kier alpha value is -4.19. The van der Waals surface area contributed by atoms with Crippen molar-refractivity contribution in [2.24, 2.45) is 0 Å². The van der Waals surface area contributed by atoms with Crippen molar-refractivity contribution < 1.29 is 4.79 Å². The highest BCUT2D eigenvalue weighted by Crippen LogP contribution is 2.33. The average Bonchev–Trinajstić information content (AvgIpc) is 3.62. The Morgan fingerprint density at radius 2 is 1.86 bits per heavy atom. The molecule has 0 radical (unpaired) electrons. The van der Waals surface area contributed by atoms with E-state index in [4.69, 9.17) is 23.2 Å². The first kappa shape index (κ1) is 28.0. The van der Waals surface area contributed by atoms with E-state index in [1.54, 1.807) is 34.3 Å². The molecule has 2 aliphatic heterocycles. The van der Waals surface area contributed by atoms with Crippen molar-refractivity contribution in [3.8, 4) is 11.3 Å². The Morgan fingerprint density at radius 1 is 1.05 bits per heavy atom. The number of rotatable bonds is 7. The molecule has 4 heterocycles. The van der Waals surface area contributed by atoms with Crippen LogP contribution in [0.5, 0.6) is 0 Å². The van der Waals surface area contributed by atoms with Gasteiger partial charge in [-0.05, 0) is 23.8 Å². The monoisotopic (exact) mass is 605 g/mol. The van der Waals surface area contributed by atoms with Crippen LogP contribution in [0.1, 0.15) is 43.0 Å². The number of benzene rings is 2. The van der Waals surface area contributed by atoms with E-state index >= 15 is 0 Å². The Kier molecular flexibility index (Phi) is 7.72. The Labute approximate surface area is 252 Å². The summed E-state index contributed by atoms with van der Waals surface area (Å²) in [5.74, 6) is 1.71. The number of amides is 1. The van der Waals surface area contributed by atoms with E-state index in [0.29, 0.717) is 53.2 Å². The van der Waals surface area contributed by atoms with E-state index in [1.807, 2.05) is 30.3 Å². The number of carbonyl (C=O) groups excluding carboxylic acids is 1. The summed E-state index contributed by atoms with van der Waals surface area (Å²) in [6.45, 7) is 5.56. The maximum absolute atomic E-state index is 14.1. The quantitative estimate of drug-likeness (QED) is 0.304. The summed E-state index contributed by atoms with van der Waals surface area (Å²) in [4.78, 5) is 34.2. The molecule has 13 heteroatoms. The summed E-state index contributed by atoms with van der Waals surface area (Å²) in [5, 5.41) is 11.2. The van der Waals surface area contributed by atoms with Crippen LogP contribution in [0.2, 0.25) is 5.02 Å². The third-order valence-electron chi connectivity index (χ3n) is 7.37. The zero-order valence-electron chi connectivity index (χ0n) is 23.0. The smallest absolute Gasteiger partial charge is 0.254 e. The highest BCUT2D eigenvalue weighted by atomic mass is 35.5. The summed E-state index contributed by atoms with van der Waals surface area (Å²) >= 11 is 12.4. The summed E-state index contributed by atoms with van der Waals surface area (Å²) in [7, 11) is 0. The van der Waals surface area contributed by atoms with Crippen LogP contribution in [0.15, 0.2) is 77.1 Å². The average molecular weight is 607 g/mol. The van der Waals surface area contributed by atoms with Crippen LogP contribution in [0, 0.1) is 0 Å². The normalized spacial score (nSPS) is 15.4. The molecule has 2 aromatic heterocycles. The van der Waals surface area contributed by atoms with Gasteiger partial charge in [0, 0.05) is 42.1 Å². The molecule has 4 aromatic rings. The maximum Gasteiger partial charge on any atom is 0.254 e. The van der Waals surface area contributed by atoms with Crippen molar-refractivity contribution in [2.45, 2.75) is 45.3 Å². The van der Waals surface area contributed by atoms with Gasteiger partial charge in [0.05, 0.1) is 30.5 Å². The first-order chi connectivity index (χ1) is 20.3. The lowest BCUT2D eigenvalue weighted by Gasteiger charge is -2.32. The molecule has 0 saturated heterocycles. The van der Waals surface area contributed by atoms with E-state index in [2.05, 4.69) is 44.6 Å². The van der Waals surface area contributed by atoms with Gasteiger partial charge in [0.15, 0.2) is 5.82 Å². The zero-order valence-corrected chi connectivity index (χ0v) is 24.5. The minimum atomic E-state index is -0.800. The lowest BCUT2D eigenvalue weighted by molar-refractivity contribution is -0.136. The number of fused-ring (bicyclic) bond motifs is 1. The second-order valence-corrected chi connectivity index (χ2v) is 11.4. The number of anilines is 1. The maximum atomic E-state index is 14.1. The van der Waals surface area contributed by atoms with Gasteiger partial charge in [-0.1, -0.05) is 67.4 Å². The van der Waals surface area contributed by atoms with Gasteiger partial charge in [0.2, 0.25) is 5.91 Å². The van der Waals surface area contributed by atoms with Crippen LogP contribution in [-0.2, 0) is 24.3 Å². The lowest BCUT2D eigenvalue weighted by Crippen LogP contribution is -2.45. The van der Waals surface area contributed by atoms with Crippen LogP contribution in [-0.4, -0.2) is 41.7 Å². The molecular weight excluding hydrogens is 577 g/mol. The zero-order chi connectivity index (χ0) is 29.4. The van der Waals surface area contributed by atoms with Crippen LogP contribution < -0.4 is 21.5 Å². The van der Waals surface area contributed by atoms with E-state index in [-0.39, 0.29) is 17.4 Å². The van der Waals surface area contributed by atoms with Crippen LogP contribution >= 0.6 is 23.2 Å². The second kappa shape index (κ2) is 11.6. The van der Waals surface area contributed by atoms with E-state index in [9.17, 15) is 9.59 Å². The van der Waals surface area contributed by atoms with Crippen molar-refractivity contribution in [1.29, 1.82) is 0 Å². The van der Waals surface area contributed by atoms with Crippen LogP contribution in [0.3, 0.4) is 0 Å². The molecule has 1 amide bonds. The summed E-state index contributed by atoms with van der Waals surface area (Å²) in [5.41, 5.74) is 8.02. The number of hydrogen-bond acceptors (Lipinski definition) is 8. The third-order valence-corrected chi connectivity index (χ3v) is 7.80. The van der Waals surface area contributed by atoms with E-state index in [1.165, 1.54) is 17.0 Å². The molecule has 42 heavy (non-hydrogen) atoms. The fraction of sp³-hybridized carbons (Fsp3) is 0.276. The SMILES string of the molecule is CC(C)c1nnc2n1CCN(C(=O)[C@H](Cc1ccccc1)n1cnc(-c3cc(Cl)ccc3N3C=C(Cl)NN3)cc1=O)C2. The van der Waals surface area contributed by atoms with Gasteiger partial charge in [-0.3, -0.25) is 24.6 Å². The first-order valence-corrected chi connectivity index (χ1v) is 14.3. The Bertz CT molecular complexity index is 1720. The van der Waals surface area contributed by atoms with Gasteiger partial charge in [-0.2, -0.15) is 0 Å². The van der Waals surface area contributed by atoms with Crippen molar-refractivity contribution in [2.75, 3.05) is 11.6 Å². The molecule has 0 bridgehead atoms. The van der Waals surface area contributed by atoms with Crippen molar-refractivity contribution in [1.82, 2.24) is 40.2 Å². The van der Waals surface area contributed by atoms with Crippen molar-refractivity contribution >= 4 is 34.8 Å². The molecular formula is C29H29Cl2N9O2. The first-order valence-electron chi connectivity index (χ1n) is 13.6. The minimum absolute atomic E-state index is 0.175. The van der Waals surface area contributed by atoms with Gasteiger partial charge in [0.25, 0.3) is 5.56 Å². The molecule has 6 rings (SSSR count). The predicted molar refractivity (Wildman–Crippen MR) is 160 cm³/mol. The number of halogens is 2. The van der Waals surface area contributed by atoms with Gasteiger partial charge in [0.1, 0.15) is 17.0 Å². The Balaban J connectivity index is 1.34. The summed E-state index contributed by atoms with van der Waals surface area (Å²) < 4.78 is 3.49. The summed E-state index contributed by atoms with van der Waals surface area (Å²) in [6.07, 6.45) is 3.43. The minimum Gasteiger partial charge on any atom is -0.332 e. The molecule has 1 atom stereocenters. The Morgan fingerprint density at radius 3 is 2.57 bits per heavy atom. The van der Waals surface area contributed by atoms with Gasteiger partial charge < -0.3 is 9.47 Å². The molecule has 11 nitrogen and oxygen atoms in total. The molecule has 2 aromatic carbocycles. The molecule has 0 aliphatic carbocycles. The largest absolute Gasteiger partial charge is 0.332 e. The fourth-order valence-electron chi connectivity index (χ4n) is 5.28. The molecule has 0 fully saturated rings. The number of carbonyl (C=O) groups is 1. The van der Waals surface area contributed by atoms with E-state index in [0.717, 1.165) is 17.2 Å². The van der Waals surface area contributed by atoms with Crippen LogP contribution in [0.25, 0.3) is 11.3 Å². The number of hydrazine groups is 2. The third kappa shape index (κ3) is 5.50. The van der Waals surface area contributed by atoms with Crippen molar-refractivity contribution in [3.63, 3.8) is 0 Å². The molecule has 0 saturated carbocycles. The topological polar surface area (TPSA) is 113 Å². The number of aromatic nitrogens is 5. The number of hydrogen-bond donors (Lipinski definition) is 2. The van der Waals surface area contributed by atoms with Crippen molar-refractivity contribution in [3.05, 3.63) is 105 Å². The predicted octanol–water partition coefficient (Wildman–Crippen LogP) is 3.97. The lowest BCUT2D eigenvalue weighted by atomic mass is 10.0. The van der Waals surface area contributed by atoms with Gasteiger partial charge in [-0.25, -0.2) is 4.98 Å².